The molecular weight excluding hydrogens is 358 g/mol. The van der Waals surface area contributed by atoms with Crippen LogP contribution in [0.2, 0.25) is 0 Å². The molecule has 28 heavy (non-hydrogen) atoms. The molecule has 6 nitrogen and oxygen atoms in total. The molecule has 0 saturated carbocycles. The van der Waals surface area contributed by atoms with Crippen LogP contribution in [0.1, 0.15) is 41.3 Å². The average Bonchev–Trinajstić information content (AvgIpc) is 2.73. The molecule has 1 N–H and O–H groups in total. The highest BCUT2D eigenvalue weighted by Gasteiger charge is 2.21. The number of ether oxygens (including phenoxy) is 3. The van der Waals surface area contributed by atoms with Crippen LogP contribution in [0.5, 0.6) is 11.5 Å². The van der Waals surface area contributed by atoms with Crippen LogP contribution < -0.4 is 14.8 Å². The third-order valence-electron chi connectivity index (χ3n) is 4.90. The van der Waals surface area contributed by atoms with Crippen LogP contribution in [-0.2, 0) is 22.4 Å². The van der Waals surface area contributed by atoms with E-state index in [4.69, 9.17) is 14.2 Å². The lowest BCUT2D eigenvalue weighted by molar-refractivity contribution is -0.122. The molecule has 0 aliphatic heterocycles. The molecule has 0 fully saturated rings. The van der Waals surface area contributed by atoms with Gasteiger partial charge in [0.1, 0.15) is 11.5 Å². The Kier molecular flexibility index (Phi) is 6.19. The molecule has 0 saturated heterocycles. The lowest BCUT2D eigenvalue weighted by Gasteiger charge is -2.22. The number of amides is 1. The van der Waals surface area contributed by atoms with Crippen LogP contribution in [0.4, 0.5) is 5.69 Å². The third kappa shape index (κ3) is 4.27. The molecule has 2 aromatic rings. The Bertz CT molecular complexity index is 877. The Morgan fingerprint density at radius 3 is 2.57 bits per heavy atom. The Morgan fingerprint density at radius 2 is 1.82 bits per heavy atom. The van der Waals surface area contributed by atoms with E-state index >= 15 is 0 Å². The van der Waals surface area contributed by atoms with Gasteiger partial charge in [0.2, 0.25) is 0 Å². The van der Waals surface area contributed by atoms with Crippen molar-refractivity contribution in [2.24, 2.45) is 0 Å². The van der Waals surface area contributed by atoms with Gasteiger partial charge in [0.05, 0.1) is 25.5 Å². The van der Waals surface area contributed by atoms with E-state index in [2.05, 4.69) is 11.4 Å². The number of anilines is 1. The van der Waals surface area contributed by atoms with E-state index in [0.717, 1.165) is 25.0 Å². The predicted molar refractivity (Wildman–Crippen MR) is 106 cm³/mol. The number of carbonyl (C=O) groups excluding carboxylic acids is 2. The van der Waals surface area contributed by atoms with E-state index in [1.54, 1.807) is 19.1 Å². The van der Waals surface area contributed by atoms with Crippen LogP contribution in [0.25, 0.3) is 0 Å². The summed E-state index contributed by atoms with van der Waals surface area (Å²) in [5, 5.41) is 2.78. The molecule has 0 unspecified atom stereocenters. The van der Waals surface area contributed by atoms with Crippen LogP contribution >= 0.6 is 0 Å². The Labute approximate surface area is 164 Å². The largest absolute Gasteiger partial charge is 0.495 e. The first-order valence-corrected chi connectivity index (χ1v) is 9.38. The van der Waals surface area contributed by atoms with Gasteiger partial charge in [-0.3, -0.25) is 4.79 Å². The van der Waals surface area contributed by atoms with E-state index < -0.39 is 12.1 Å². The molecule has 1 aliphatic carbocycles. The van der Waals surface area contributed by atoms with Gasteiger partial charge >= 0.3 is 5.97 Å². The average molecular weight is 383 g/mol. The number of benzene rings is 2. The monoisotopic (exact) mass is 383 g/mol. The van der Waals surface area contributed by atoms with Crippen molar-refractivity contribution in [1.29, 1.82) is 0 Å². The van der Waals surface area contributed by atoms with Crippen molar-refractivity contribution in [2.75, 3.05) is 19.5 Å². The topological polar surface area (TPSA) is 73.9 Å². The molecule has 1 atom stereocenters. The lowest BCUT2D eigenvalue weighted by atomic mass is 9.91. The minimum atomic E-state index is -0.708. The zero-order valence-corrected chi connectivity index (χ0v) is 16.4. The molecule has 0 heterocycles. The van der Waals surface area contributed by atoms with Crippen LogP contribution in [-0.4, -0.2) is 32.2 Å². The second-order valence-corrected chi connectivity index (χ2v) is 6.76. The van der Waals surface area contributed by atoms with E-state index in [9.17, 15) is 9.59 Å². The maximum atomic E-state index is 12.7. The second-order valence-electron chi connectivity index (χ2n) is 6.76. The molecule has 148 valence electrons. The third-order valence-corrected chi connectivity index (χ3v) is 4.90. The highest BCUT2D eigenvalue weighted by Crippen LogP contribution is 2.31. The van der Waals surface area contributed by atoms with E-state index in [1.807, 2.05) is 12.1 Å². The van der Waals surface area contributed by atoms with Gasteiger partial charge in [0, 0.05) is 0 Å². The quantitative estimate of drug-likeness (QED) is 0.769. The maximum Gasteiger partial charge on any atom is 0.337 e. The summed E-state index contributed by atoms with van der Waals surface area (Å²) in [6.07, 6.45) is 3.62. The normalized spacial score (nSPS) is 13.8. The SMILES string of the molecule is COC(=O)c1ccc(OC)c(NC(=O)[C@@H](C)Oc2cccc3c2CCCC3)c1. The van der Waals surface area contributed by atoms with Crippen molar-refractivity contribution >= 4 is 17.6 Å². The zero-order chi connectivity index (χ0) is 20.1. The number of carbonyl (C=O) groups is 2. The standard InChI is InChI=1S/C22H25NO5/c1-14(28-19-10-6-8-15-7-4-5-9-17(15)19)21(24)23-18-13-16(22(25)27-3)11-12-20(18)26-2/h6,8,10-14H,4-5,7,9H2,1-3H3,(H,23,24)/t14-/m1/s1. The molecule has 0 radical (unpaired) electrons. The Morgan fingerprint density at radius 1 is 1.04 bits per heavy atom. The number of esters is 1. The van der Waals surface area contributed by atoms with Gasteiger partial charge in [-0.25, -0.2) is 4.79 Å². The lowest BCUT2D eigenvalue weighted by Crippen LogP contribution is -2.31. The smallest absolute Gasteiger partial charge is 0.337 e. The summed E-state index contributed by atoms with van der Waals surface area (Å²) in [5.41, 5.74) is 3.20. The summed E-state index contributed by atoms with van der Waals surface area (Å²) >= 11 is 0. The zero-order valence-electron chi connectivity index (χ0n) is 16.4. The number of hydrogen-bond acceptors (Lipinski definition) is 5. The van der Waals surface area contributed by atoms with Crippen LogP contribution in [0, 0.1) is 0 Å². The molecule has 0 aromatic heterocycles. The first-order valence-electron chi connectivity index (χ1n) is 9.38. The summed E-state index contributed by atoms with van der Waals surface area (Å²) < 4.78 is 16.0. The van der Waals surface area contributed by atoms with Crippen molar-refractivity contribution in [3.05, 3.63) is 53.1 Å². The van der Waals surface area contributed by atoms with Crippen molar-refractivity contribution in [1.82, 2.24) is 0 Å². The molecule has 0 spiro atoms. The number of nitrogens with one attached hydrogen (secondary N) is 1. The van der Waals surface area contributed by atoms with Crippen LogP contribution in [0.3, 0.4) is 0 Å². The van der Waals surface area contributed by atoms with Gasteiger partial charge < -0.3 is 19.5 Å². The Hall–Kier alpha value is -3.02. The van der Waals surface area contributed by atoms with E-state index in [0.29, 0.717) is 17.0 Å². The molecule has 1 amide bonds. The second kappa shape index (κ2) is 8.78. The van der Waals surface area contributed by atoms with Gasteiger partial charge in [-0.1, -0.05) is 12.1 Å². The number of aryl methyl sites for hydroxylation is 1. The Balaban J connectivity index is 1.75. The van der Waals surface area contributed by atoms with Crippen molar-refractivity contribution in [3.8, 4) is 11.5 Å². The van der Waals surface area contributed by atoms with E-state index in [-0.39, 0.29) is 5.91 Å². The number of rotatable bonds is 6. The molecule has 3 rings (SSSR count). The fourth-order valence-corrected chi connectivity index (χ4v) is 3.39. The van der Waals surface area contributed by atoms with Gasteiger partial charge in [-0.2, -0.15) is 0 Å². The summed E-state index contributed by atoms with van der Waals surface area (Å²) in [6.45, 7) is 1.70. The molecule has 1 aliphatic rings. The van der Waals surface area contributed by atoms with Gasteiger partial charge in [0.15, 0.2) is 6.10 Å². The number of fused-ring (bicyclic) bond motifs is 1. The molecule has 2 aromatic carbocycles. The van der Waals surface area contributed by atoms with Gasteiger partial charge in [0.25, 0.3) is 5.91 Å². The summed E-state index contributed by atoms with van der Waals surface area (Å²) in [7, 11) is 2.81. The highest BCUT2D eigenvalue weighted by molar-refractivity contribution is 5.98. The first-order chi connectivity index (χ1) is 13.5. The maximum absolute atomic E-state index is 12.7. The van der Waals surface area contributed by atoms with Gasteiger partial charge in [-0.05, 0) is 68.0 Å². The minimum absolute atomic E-state index is 0.323. The molecular formula is C22H25NO5. The highest BCUT2D eigenvalue weighted by atomic mass is 16.5. The fraction of sp³-hybridized carbons (Fsp3) is 0.364. The summed E-state index contributed by atoms with van der Waals surface area (Å²) in [6, 6.07) is 10.7. The summed E-state index contributed by atoms with van der Waals surface area (Å²) in [5.74, 6) is 0.396. The fourth-order valence-electron chi connectivity index (χ4n) is 3.39. The van der Waals surface area contributed by atoms with Crippen molar-refractivity contribution < 1.29 is 23.8 Å². The van der Waals surface area contributed by atoms with Crippen molar-refractivity contribution in [2.45, 2.75) is 38.7 Å². The number of methoxy groups -OCH3 is 2. The van der Waals surface area contributed by atoms with Gasteiger partial charge in [-0.15, -0.1) is 0 Å². The van der Waals surface area contributed by atoms with Crippen LogP contribution in [0.15, 0.2) is 36.4 Å². The van der Waals surface area contributed by atoms with E-state index in [1.165, 1.54) is 37.8 Å². The molecule has 6 heteroatoms. The summed E-state index contributed by atoms with van der Waals surface area (Å²) in [4.78, 5) is 24.5. The number of hydrogen-bond donors (Lipinski definition) is 1. The minimum Gasteiger partial charge on any atom is -0.495 e. The first kappa shape index (κ1) is 19.7. The predicted octanol–water partition coefficient (Wildman–Crippen LogP) is 3.77. The van der Waals surface area contributed by atoms with Crippen molar-refractivity contribution in [3.63, 3.8) is 0 Å². The molecule has 0 bridgehead atoms.